The van der Waals surface area contributed by atoms with Crippen molar-refractivity contribution >= 4 is 23.6 Å². The molecule has 0 radical (unpaired) electrons. The van der Waals surface area contributed by atoms with Crippen LogP contribution in [0.5, 0.6) is 0 Å². The van der Waals surface area contributed by atoms with E-state index in [2.05, 4.69) is 15.6 Å². The molecule has 3 rings (SSSR count). The van der Waals surface area contributed by atoms with Crippen LogP contribution in [-0.2, 0) is 11.3 Å². The fraction of sp³-hybridized carbons (Fsp3) is 0.0526. The Hall–Kier alpha value is -3.74. The highest BCUT2D eigenvalue weighted by Gasteiger charge is 2.04. The Bertz CT molecular complexity index is 947. The molecule has 0 atom stereocenters. The quantitative estimate of drug-likeness (QED) is 0.666. The number of nitrogens with zero attached hydrogens (tertiary/aromatic N) is 3. The van der Waals surface area contributed by atoms with E-state index in [1.54, 1.807) is 35.2 Å². The van der Waals surface area contributed by atoms with Crippen molar-refractivity contribution < 1.29 is 9.59 Å². The van der Waals surface area contributed by atoms with Crippen molar-refractivity contribution in [1.82, 2.24) is 15.0 Å². The molecule has 0 aliphatic rings. The second-order valence-corrected chi connectivity index (χ2v) is 5.59. The van der Waals surface area contributed by atoms with E-state index in [4.69, 9.17) is 5.73 Å². The van der Waals surface area contributed by atoms with E-state index >= 15 is 0 Å². The highest BCUT2D eigenvalue weighted by atomic mass is 16.1. The van der Waals surface area contributed by atoms with E-state index < -0.39 is 5.91 Å². The van der Waals surface area contributed by atoms with Crippen molar-refractivity contribution in [3.05, 3.63) is 83.7 Å². The van der Waals surface area contributed by atoms with Crippen LogP contribution >= 0.6 is 0 Å². The van der Waals surface area contributed by atoms with Crippen molar-refractivity contribution in [1.29, 1.82) is 0 Å². The first-order chi connectivity index (χ1) is 12.6. The third-order valence-corrected chi connectivity index (χ3v) is 3.56. The molecule has 2 amide bonds. The first-order valence-electron chi connectivity index (χ1n) is 7.93. The molecule has 0 aliphatic carbocycles. The molecule has 3 N–H and O–H groups in total. The topological polar surface area (TPSA) is 103 Å². The first kappa shape index (κ1) is 17.1. The van der Waals surface area contributed by atoms with Crippen molar-refractivity contribution in [3.8, 4) is 0 Å². The van der Waals surface area contributed by atoms with E-state index in [0.29, 0.717) is 23.5 Å². The van der Waals surface area contributed by atoms with Crippen molar-refractivity contribution in [3.63, 3.8) is 0 Å². The fourth-order valence-corrected chi connectivity index (χ4v) is 2.33. The molecule has 0 saturated heterocycles. The van der Waals surface area contributed by atoms with Gasteiger partial charge in [-0.05, 0) is 29.8 Å². The minimum absolute atomic E-state index is 0.329. The molecule has 0 spiro atoms. The lowest BCUT2D eigenvalue weighted by molar-refractivity contribution is -0.111. The lowest BCUT2D eigenvalue weighted by atomic mass is 10.2. The summed E-state index contributed by atoms with van der Waals surface area (Å²) in [6, 6.07) is 16.3. The Kier molecular flexibility index (Phi) is 5.19. The zero-order valence-electron chi connectivity index (χ0n) is 13.9. The Morgan fingerprint density at radius 2 is 1.92 bits per heavy atom. The van der Waals surface area contributed by atoms with Crippen LogP contribution in [0.25, 0.3) is 6.08 Å². The number of primary amides is 1. The smallest absolute Gasteiger partial charge is 0.248 e. The molecule has 0 unspecified atom stereocenters. The Morgan fingerprint density at radius 1 is 1.12 bits per heavy atom. The van der Waals surface area contributed by atoms with Gasteiger partial charge in [0.15, 0.2) is 0 Å². The van der Waals surface area contributed by atoms with Crippen LogP contribution < -0.4 is 11.1 Å². The van der Waals surface area contributed by atoms with Crippen molar-refractivity contribution in [2.24, 2.45) is 5.73 Å². The number of amides is 2. The summed E-state index contributed by atoms with van der Waals surface area (Å²) in [7, 11) is 0. The number of aromatic nitrogens is 3. The SMILES string of the molecule is NC(=O)c1cccc(NC(=O)C=Cc2cn(Cc3ccccc3)nn2)c1. The molecular weight excluding hydrogens is 330 g/mol. The van der Waals surface area contributed by atoms with Gasteiger partial charge in [0.2, 0.25) is 11.8 Å². The summed E-state index contributed by atoms with van der Waals surface area (Å²) in [6.07, 6.45) is 4.68. The van der Waals surface area contributed by atoms with Crippen molar-refractivity contribution in [2.75, 3.05) is 5.32 Å². The molecule has 2 aromatic carbocycles. The van der Waals surface area contributed by atoms with Gasteiger partial charge in [0.25, 0.3) is 0 Å². The molecule has 1 heterocycles. The molecule has 3 aromatic rings. The second kappa shape index (κ2) is 7.89. The average Bonchev–Trinajstić information content (AvgIpc) is 3.08. The van der Waals surface area contributed by atoms with Gasteiger partial charge >= 0.3 is 0 Å². The molecule has 130 valence electrons. The molecule has 0 bridgehead atoms. The van der Waals surface area contributed by atoms with Gasteiger partial charge in [0, 0.05) is 17.3 Å². The zero-order chi connectivity index (χ0) is 18.4. The van der Waals surface area contributed by atoms with Gasteiger partial charge in [0.05, 0.1) is 12.7 Å². The molecule has 7 heteroatoms. The van der Waals surface area contributed by atoms with Gasteiger partial charge < -0.3 is 11.1 Å². The molecule has 7 nitrogen and oxygen atoms in total. The fourth-order valence-electron chi connectivity index (χ4n) is 2.33. The highest BCUT2D eigenvalue weighted by molar-refractivity contribution is 6.02. The maximum absolute atomic E-state index is 12.0. The van der Waals surface area contributed by atoms with Gasteiger partial charge in [-0.1, -0.05) is 41.6 Å². The van der Waals surface area contributed by atoms with Gasteiger partial charge in [-0.15, -0.1) is 5.10 Å². The number of hydrogen-bond acceptors (Lipinski definition) is 4. The average molecular weight is 347 g/mol. The van der Waals surface area contributed by atoms with E-state index in [1.165, 1.54) is 12.1 Å². The first-order valence-corrected chi connectivity index (χ1v) is 7.93. The van der Waals surface area contributed by atoms with E-state index in [-0.39, 0.29) is 5.91 Å². The molecule has 0 aliphatic heterocycles. The maximum atomic E-state index is 12.0. The summed E-state index contributed by atoms with van der Waals surface area (Å²) in [5, 5.41) is 10.7. The number of rotatable bonds is 6. The van der Waals surface area contributed by atoms with Crippen LogP contribution in [-0.4, -0.2) is 26.8 Å². The molecule has 0 saturated carbocycles. The summed E-state index contributed by atoms with van der Waals surface area (Å²) < 4.78 is 1.70. The standard InChI is InChI=1S/C19H17N5O2/c20-19(26)15-7-4-8-16(11-15)21-18(25)10-9-17-13-24(23-22-17)12-14-5-2-1-3-6-14/h1-11,13H,12H2,(H2,20,26)(H,21,25). The second-order valence-electron chi connectivity index (χ2n) is 5.59. The third kappa shape index (κ3) is 4.64. The van der Waals surface area contributed by atoms with Crippen LogP contribution in [0.4, 0.5) is 5.69 Å². The summed E-state index contributed by atoms with van der Waals surface area (Å²) in [5.74, 6) is -0.893. The minimum atomic E-state index is -0.549. The number of carbonyl (C=O) groups is 2. The predicted octanol–water partition coefficient (Wildman–Crippen LogP) is 2.08. The summed E-state index contributed by atoms with van der Waals surface area (Å²) in [6.45, 7) is 0.605. The zero-order valence-corrected chi connectivity index (χ0v) is 13.9. The largest absolute Gasteiger partial charge is 0.366 e. The number of nitrogens with two attached hydrogens (primary N) is 1. The monoisotopic (exact) mass is 347 g/mol. The number of nitrogens with one attached hydrogen (secondary N) is 1. The Morgan fingerprint density at radius 3 is 2.69 bits per heavy atom. The van der Waals surface area contributed by atoms with Crippen LogP contribution in [0.1, 0.15) is 21.6 Å². The third-order valence-electron chi connectivity index (χ3n) is 3.56. The van der Waals surface area contributed by atoms with Crippen molar-refractivity contribution in [2.45, 2.75) is 6.54 Å². The van der Waals surface area contributed by atoms with Crippen LogP contribution in [0, 0.1) is 0 Å². The van der Waals surface area contributed by atoms with Gasteiger partial charge in [-0.2, -0.15) is 0 Å². The van der Waals surface area contributed by atoms with E-state index in [9.17, 15) is 9.59 Å². The number of anilines is 1. The molecule has 1 aromatic heterocycles. The van der Waals surface area contributed by atoms with Crippen LogP contribution in [0.15, 0.2) is 66.9 Å². The molecule has 0 fully saturated rings. The van der Waals surface area contributed by atoms with E-state index in [1.807, 2.05) is 30.3 Å². The van der Waals surface area contributed by atoms with Gasteiger partial charge in [-0.25, -0.2) is 4.68 Å². The van der Waals surface area contributed by atoms with Gasteiger partial charge in [-0.3, -0.25) is 9.59 Å². The van der Waals surface area contributed by atoms with Crippen LogP contribution in [0.3, 0.4) is 0 Å². The lowest BCUT2D eigenvalue weighted by Crippen LogP contribution is -2.12. The highest BCUT2D eigenvalue weighted by Crippen LogP contribution is 2.10. The summed E-state index contributed by atoms with van der Waals surface area (Å²) in [4.78, 5) is 23.2. The number of benzene rings is 2. The van der Waals surface area contributed by atoms with E-state index in [0.717, 1.165) is 5.56 Å². The Balaban J connectivity index is 1.60. The van der Waals surface area contributed by atoms with Crippen LogP contribution in [0.2, 0.25) is 0 Å². The molecular formula is C19H17N5O2. The summed E-state index contributed by atoms with van der Waals surface area (Å²) in [5.41, 5.74) is 7.72. The summed E-state index contributed by atoms with van der Waals surface area (Å²) >= 11 is 0. The number of hydrogen-bond donors (Lipinski definition) is 2. The molecule has 26 heavy (non-hydrogen) atoms. The normalized spacial score (nSPS) is 10.8. The minimum Gasteiger partial charge on any atom is -0.366 e. The van der Waals surface area contributed by atoms with Gasteiger partial charge in [0.1, 0.15) is 5.69 Å². The Labute approximate surface area is 150 Å². The number of carbonyl (C=O) groups excluding carboxylic acids is 2. The predicted molar refractivity (Wildman–Crippen MR) is 98.2 cm³/mol. The lowest BCUT2D eigenvalue weighted by Gasteiger charge is -2.03. The maximum Gasteiger partial charge on any atom is 0.248 e.